The molecule has 0 aliphatic heterocycles. The summed E-state index contributed by atoms with van der Waals surface area (Å²) >= 11 is 0. The maximum atomic E-state index is 11.7. The number of hydrogen-bond donors (Lipinski definition) is 1. The monoisotopic (exact) mass is 262 g/mol. The fourth-order valence-electron chi connectivity index (χ4n) is 2.37. The van der Waals surface area contributed by atoms with Crippen LogP contribution in [0.15, 0.2) is 29.7 Å². The molecule has 5 heteroatoms. The number of nitrogens with two attached hydrogens (primary N) is 1. The summed E-state index contributed by atoms with van der Waals surface area (Å²) in [6.45, 7) is 0. The average molecular weight is 262 g/mol. The number of hydrogen-bond acceptors (Lipinski definition) is 3. The maximum absolute atomic E-state index is 11.7. The van der Waals surface area contributed by atoms with Crippen molar-refractivity contribution in [3.05, 3.63) is 30.1 Å². The summed E-state index contributed by atoms with van der Waals surface area (Å²) in [7, 11) is 0. The normalized spacial score (nSPS) is 17.2. The van der Waals surface area contributed by atoms with E-state index in [2.05, 4.69) is 10.1 Å². The minimum absolute atomic E-state index is 0.203. The summed E-state index contributed by atoms with van der Waals surface area (Å²) in [5.74, 6) is 0.353. The minimum Gasteiger partial charge on any atom is -0.380 e. The third-order valence-electron chi connectivity index (χ3n) is 3.43. The van der Waals surface area contributed by atoms with Crippen molar-refractivity contribution in [2.45, 2.75) is 38.5 Å². The first kappa shape index (κ1) is 13.5. The predicted molar refractivity (Wildman–Crippen MR) is 71.0 cm³/mol. The van der Waals surface area contributed by atoms with Crippen LogP contribution in [0.4, 0.5) is 0 Å². The van der Waals surface area contributed by atoms with E-state index in [1.165, 1.54) is 19.3 Å². The van der Waals surface area contributed by atoms with Crippen molar-refractivity contribution < 1.29 is 14.6 Å². The van der Waals surface area contributed by atoms with Crippen LogP contribution in [0.2, 0.25) is 0 Å². The van der Waals surface area contributed by atoms with E-state index < -0.39 is 0 Å². The summed E-state index contributed by atoms with van der Waals surface area (Å²) in [5.41, 5.74) is 6.43. The minimum atomic E-state index is -0.297. The van der Waals surface area contributed by atoms with Crippen LogP contribution in [0.1, 0.15) is 44.1 Å². The number of aromatic amines is 1. The highest BCUT2D eigenvalue weighted by atomic mass is 16.7. The molecular formula is C14H20N3O2+. The van der Waals surface area contributed by atoms with Gasteiger partial charge in [0.05, 0.1) is 12.0 Å². The van der Waals surface area contributed by atoms with Crippen LogP contribution in [0.25, 0.3) is 0 Å². The third-order valence-corrected chi connectivity index (χ3v) is 3.43. The van der Waals surface area contributed by atoms with Gasteiger partial charge in [0.2, 0.25) is 0 Å². The van der Waals surface area contributed by atoms with Crippen LogP contribution in [0.5, 0.6) is 0 Å². The molecule has 0 spiro atoms. The van der Waals surface area contributed by atoms with Crippen LogP contribution in [0.3, 0.4) is 0 Å². The van der Waals surface area contributed by atoms with Crippen LogP contribution in [0, 0.1) is 5.92 Å². The Labute approximate surface area is 112 Å². The molecule has 1 aromatic rings. The molecule has 0 unspecified atom stereocenters. The van der Waals surface area contributed by atoms with Gasteiger partial charge in [0.15, 0.2) is 18.2 Å². The van der Waals surface area contributed by atoms with Gasteiger partial charge in [0.1, 0.15) is 0 Å². The number of carbonyl (C=O) groups excluding carboxylic acids is 1. The Morgan fingerprint density at radius 1 is 1.42 bits per heavy atom. The van der Waals surface area contributed by atoms with Crippen LogP contribution < -0.4 is 10.7 Å². The Bertz CT molecular complexity index is 439. The third kappa shape index (κ3) is 4.35. The number of oxime groups is 1. The SMILES string of the molecule is NC(=NOC(=O)CC1CCCCC1)c1ccc[nH+]c1. The van der Waals surface area contributed by atoms with Gasteiger partial charge in [-0.1, -0.05) is 24.4 Å². The van der Waals surface area contributed by atoms with Crippen molar-refractivity contribution in [1.29, 1.82) is 0 Å². The van der Waals surface area contributed by atoms with Crippen molar-refractivity contribution in [1.82, 2.24) is 0 Å². The first-order chi connectivity index (χ1) is 9.25. The van der Waals surface area contributed by atoms with Gasteiger partial charge in [-0.25, -0.2) is 9.78 Å². The van der Waals surface area contributed by atoms with Crippen LogP contribution in [-0.4, -0.2) is 11.8 Å². The standard InChI is InChI=1S/C14H19N3O2/c15-14(12-7-4-8-16-10-12)17-19-13(18)9-11-5-2-1-3-6-11/h4,7-8,10-11H,1-3,5-6,9H2,(H2,15,17)/p+1. The van der Waals surface area contributed by atoms with E-state index in [0.717, 1.165) is 12.8 Å². The Hall–Kier alpha value is -1.91. The highest BCUT2D eigenvalue weighted by Gasteiger charge is 2.18. The Morgan fingerprint density at radius 2 is 2.21 bits per heavy atom. The van der Waals surface area contributed by atoms with E-state index in [1.807, 2.05) is 6.07 Å². The zero-order chi connectivity index (χ0) is 13.5. The van der Waals surface area contributed by atoms with Gasteiger partial charge >= 0.3 is 5.97 Å². The van der Waals surface area contributed by atoms with Gasteiger partial charge in [-0.2, -0.15) is 0 Å². The molecule has 1 fully saturated rings. The second-order valence-corrected chi connectivity index (χ2v) is 4.94. The second-order valence-electron chi connectivity index (χ2n) is 4.94. The van der Waals surface area contributed by atoms with Gasteiger partial charge < -0.3 is 10.6 Å². The van der Waals surface area contributed by atoms with Gasteiger partial charge in [0, 0.05) is 6.07 Å². The molecule has 1 saturated carbocycles. The van der Waals surface area contributed by atoms with Gasteiger partial charge in [-0.15, -0.1) is 0 Å². The van der Waals surface area contributed by atoms with Gasteiger partial charge in [-0.3, -0.25) is 0 Å². The summed E-state index contributed by atoms with van der Waals surface area (Å²) < 4.78 is 0. The fraction of sp³-hybridized carbons (Fsp3) is 0.500. The molecule has 19 heavy (non-hydrogen) atoms. The Kier molecular flexibility index (Phi) is 4.89. The lowest BCUT2D eigenvalue weighted by Gasteiger charge is -2.19. The number of rotatable bonds is 4. The highest BCUT2D eigenvalue weighted by Crippen LogP contribution is 2.26. The quantitative estimate of drug-likeness (QED) is 0.388. The highest BCUT2D eigenvalue weighted by molar-refractivity contribution is 5.96. The van der Waals surface area contributed by atoms with E-state index >= 15 is 0 Å². The number of pyridine rings is 1. The lowest BCUT2D eigenvalue weighted by molar-refractivity contribution is -0.378. The van der Waals surface area contributed by atoms with Crippen molar-refractivity contribution in [2.24, 2.45) is 16.8 Å². The van der Waals surface area contributed by atoms with Crippen molar-refractivity contribution >= 4 is 11.8 Å². The molecule has 0 radical (unpaired) electrons. The molecule has 0 atom stereocenters. The molecule has 3 N–H and O–H groups in total. The molecule has 0 bridgehead atoms. The first-order valence-corrected chi connectivity index (χ1v) is 6.75. The predicted octanol–water partition coefficient (Wildman–Crippen LogP) is 1.63. The summed E-state index contributed by atoms with van der Waals surface area (Å²) in [5, 5.41) is 3.68. The molecule has 1 aliphatic rings. The summed E-state index contributed by atoms with van der Waals surface area (Å²) in [6.07, 6.45) is 9.84. The van der Waals surface area contributed by atoms with Gasteiger partial charge in [-0.05, 0) is 24.8 Å². The van der Waals surface area contributed by atoms with Crippen LogP contribution >= 0.6 is 0 Å². The summed E-state index contributed by atoms with van der Waals surface area (Å²) in [4.78, 5) is 19.4. The Balaban J connectivity index is 1.82. The number of nitrogens with one attached hydrogen (secondary N) is 1. The lowest BCUT2D eigenvalue weighted by atomic mass is 9.87. The van der Waals surface area contributed by atoms with Crippen LogP contribution in [-0.2, 0) is 9.63 Å². The zero-order valence-electron chi connectivity index (χ0n) is 11.0. The second kappa shape index (κ2) is 6.87. The van der Waals surface area contributed by atoms with E-state index in [9.17, 15) is 4.79 Å². The van der Waals surface area contributed by atoms with E-state index in [-0.39, 0.29) is 11.8 Å². The molecule has 2 rings (SSSR count). The van der Waals surface area contributed by atoms with Crippen molar-refractivity contribution in [3.63, 3.8) is 0 Å². The zero-order valence-corrected chi connectivity index (χ0v) is 11.0. The molecule has 0 saturated heterocycles. The number of H-pyrrole nitrogens is 1. The smallest absolute Gasteiger partial charge is 0.335 e. The molecule has 0 aromatic carbocycles. The first-order valence-electron chi connectivity index (χ1n) is 6.75. The van der Waals surface area contributed by atoms with E-state index in [1.54, 1.807) is 18.5 Å². The number of amidine groups is 1. The van der Waals surface area contributed by atoms with E-state index in [0.29, 0.717) is 17.9 Å². The molecule has 1 aliphatic carbocycles. The number of aromatic nitrogens is 1. The molecule has 1 aromatic heterocycles. The molecule has 0 amide bonds. The van der Waals surface area contributed by atoms with Gasteiger partial charge in [0.25, 0.3) is 0 Å². The topological polar surface area (TPSA) is 78.8 Å². The maximum Gasteiger partial charge on any atom is 0.335 e. The summed E-state index contributed by atoms with van der Waals surface area (Å²) in [6, 6.07) is 3.60. The van der Waals surface area contributed by atoms with Crippen molar-refractivity contribution in [3.8, 4) is 0 Å². The average Bonchev–Trinajstić information content (AvgIpc) is 2.47. The molecule has 1 heterocycles. The largest absolute Gasteiger partial charge is 0.380 e. The number of carbonyl (C=O) groups is 1. The lowest BCUT2D eigenvalue weighted by Crippen LogP contribution is -2.18. The molecule has 102 valence electrons. The number of nitrogens with zero attached hydrogens (tertiary/aromatic N) is 1. The van der Waals surface area contributed by atoms with E-state index in [4.69, 9.17) is 10.6 Å². The molecular weight excluding hydrogens is 242 g/mol. The van der Waals surface area contributed by atoms with Crippen molar-refractivity contribution in [2.75, 3.05) is 0 Å². The Morgan fingerprint density at radius 3 is 2.89 bits per heavy atom. The fourth-order valence-corrected chi connectivity index (χ4v) is 2.37. The molecule has 5 nitrogen and oxygen atoms in total.